The predicted octanol–water partition coefficient (Wildman–Crippen LogP) is 14.8. The maximum absolute atomic E-state index is 12.4. The second kappa shape index (κ2) is 48.2. The number of ether oxygens (including phenoxy) is 1. The van der Waals surface area contributed by atoms with Gasteiger partial charge in [0.15, 0.2) is 0 Å². The normalized spacial score (nSPS) is 13.2. The molecule has 0 rings (SSSR count). The molecule has 0 bridgehead atoms. The molecular weight excluding hydrogens is 731 g/mol. The number of allylic oxidation sites excluding steroid dienone is 9. The summed E-state index contributed by atoms with van der Waals surface area (Å²) in [5.74, 6) is -0.127. The third kappa shape index (κ3) is 44.9. The minimum Gasteiger partial charge on any atom is -0.466 e. The van der Waals surface area contributed by atoms with Crippen molar-refractivity contribution in [2.75, 3.05) is 13.2 Å². The highest BCUT2D eigenvalue weighted by Crippen LogP contribution is 2.13. The molecular formula is C53H95NO5. The van der Waals surface area contributed by atoms with Gasteiger partial charge in [-0.05, 0) is 96.3 Å². The third-order valence-electron chi connectivity index (χ3n) is 11.0. The first-order chi connectivity index (χ1) is 29.0. The van der Waals surface area contributed by atoms with Crippen molar-refractivity contribution in [3.05, 3.63) is 60.8 Å². The Morgan fingerprint density at radius 1 is 0.492 bits per heavy atom. The number of hydrogen-bond donors (Lipinski definition) is 3. The number of aliphatic hydroxyl groups excluding tert-OH is 2. The van der Waals surface area contributed by atoms with Gasteiger partial charge in [0.2, 0.25) is 5.91 Å². The Morgan fingerprint density at radius 2 is 0.898 bits per heavy atom. The molecule has 342 valence electrons. The van der Waals surface area contributed by atoms with Crippen molar-refractivity contribution in [3.8, 4) is 0 Å². The molecule has 0 aliphatic rings. The van der Waals surface area contributed by atoms with Gasteiger partial charge in [0.1, 0.15) is 0 Å². The number of esters is 1. The number of aliphatic hydroxyl groups is 2. The van der Waals surface area contributed by atoms with E-state index in [1.54, 1.807) is 6.08 Å². The fourth-order valence-electron chi connectivity index (χ4n) is 7.12. The standard InChI is InChI=1S/C53H95NO5/c1-3-5-7-9-11-13-15-16-17-18-21-24-27-31-35-39-43-47-53(58)59-48-44-40-36-32-28-25-22-19-20-23-26-30-34-38-42-46-52(57)54-50(49-55)51(56)45-41-37-33-29-14-12-10-8-6-4-2/h11,13,16-17,19,22,25,28,41,45,50-51,55-56H,3-10,12,14-15,18,20-21,23-24,26-27,29-40,42-44,46-49H2,1-2H3,(H,54,57)/b13-11-,17-16-,22-19-,28-25-,45-41+. The highest BCUT2D eigenvalue weighted by atomic mass is 16.5. The van der Waals surface area contributed by atoms with Crippen molar-refractivity contribution >= 4 is 11.9 Å². The Labute approximate surface area is 365 Å². The van der Waals surface area contributed by atoms with E-state index in [4.69, 9.17) is 4.74 Å². The number of carbonyl (C=O) groups excluding carboxylic acids is 2. The van der Waals surface area contributed by atoms with Crippen molar-refractivity contribution in [1.82, 2.24) is 5.32 Å². The van der Waals surface area contributed by atoms with Crippen LogP contribution in [0.5, 0.6) is 0 Å². The molecule has 0 aliphatic heterocycles. The van der Waals surface area contributed by atoms with Crippen LogP contribution >= 0.6 is 0 Å². The van der Waals surface area contributed by atoms with Gasteiger partial charge in [-0.15, -0.1) is 0 Å². The summed E-state index contributed by atoms with van der Waals surface area (Å²) in [5.41, 5.74) is 0. The van der Waals surface area contributed by atoms with Gasteiger partial charge < -0.3 is 20.3 Å². The van der Waals surface area contributed by atoms with E-state index in [2.05, 4.69) is 67.8 Å². The summed E-state index contributed by atoms with van der Waals surface area (Å²) in [7, 11) is 0. The number of unbranched alkanes of at least 4 members (excludes halogenated alkanes) is 27. The van der Waals surface area contributed by atoms with Crippen LogP contribution in [0, 0.1) is 0 Å². The lowest BCUT2D eigenvalue weighted by molar-refractivity contribution is -0.143. The van der Waals surface area contributed by atoms with Crippen molar-refractivity contribution in [3.63, 3.8) is 0 Å². The van der Waals surface area contributed by atoms with Gasteiger partial charge in [0.05, 0.1) is 25.4 Å². The molecule has 0 saturated carbocycles. The summed E-state index contributed by atoms with van der Waals surface area (Å²) in [4.78, 5) is 24.4. The molecule has 2 unspecified atom stereocenters. The quantitative estimate of drug-likeness (QED) is 0.0246. The molecule has 0 heterocycles. The van der Waals surface area contributed by atoms with E-state index in [1.807, 2.05) is 6.08 Å². The zero-order chi connectivity index (χ0) is 43.0. The Balaban J connectivity index is 3.55. The lowest BCUT2D eigenvalue weighted by Crippen LogP contribution is -2.45. The van der Waals surface area contributed by atoms with E-state index in [0.717, 1.165) is 83.5 Å². The molecule has 0 spiro atoms. The van der Waals surface area contributed by atoms with Gasteiger partial charge in [0.25, 0.3) is 0 Å². The van der Waals surface area contributed by atoms with Gasteiger partial charge in [-0.25, -0.2) is 0 Å². The molecule has 0 fully saturated rings. The van der Waals surface area contributed by atoms with E-state index in [1.165, 1.54) is 128 Å². The molecule has 6 heteroatoms. The molecule has 1 amide bonds. The topological polar surface area (TPSA) is 95.9 Å². The van der Waals surface area contributed by atoms with E-state index >= 15 is 0 Å². The number of hydrogen-bond acceptors (Lipinski definition) is 5. The fourth-order valence-corrected chi connectivity index (χ4v) is 7.12. The van der Waals surface area contributed by atoms with Crippen LogP contribution in [0.1, 0.15) is 239 Å². The van der Waals surface area contributed by atoms with E-state index in [-0.39, 0.29) is 18.5 Å². The summed E-state index contributed by atoms with van der Waals surface area (Å²) in [6, 6.07) is -0.644. The van der Waals surface area contributed by atoms with Crippen LogP contribution in [-0.4, -0.2) is 47.4 Å². The summed E-state index contributed by atoms with van der Waals surface area (Å²) < 4.78 is 5.44. The van der Waals surface area contributed by atoms with Gasteiger partial charge in [-0.3, -0.25) is 9.59 Å². The highest BCUT2D eigenvalue weighted by Gasteiger charge is 2.18. The number of nitrogens with one attached hydrogen (secondary N) is 1. The Bertz CT molecular complexity index is 1050. The average molecular weight is 826 g/mol. The number of rotatable bonds is 45. The second-order valence-corrected chi connectivity index (χ2v) is 16.8. The Morgan fingerprint density at radius 3 is 1.42 bits per heavy atom. The molecule has 0 aromatic rings. The molecule has 2 atom stereocenters. The summed E-state index contributed by atoms with van der Waals surface area (Å²) >= 11 is 0. The molecule has 0 radical (unpaired) electrons. The lowest BCUT2D eigenvalue weighted by Gasteiger charge is -2.20. The highest BCUT2D eigenvalue weighted by molar-refractivity contribution is 5.76. The summed E-state index contributed by atoms with van der Waals surface area (Å²) in [6.07, 6.45) is 60.8. The van der Waals surface area contributed by atoms with Crippen LogP contribution < -0.4 is 5.32 Å². The van der Waals surface area contributed by atoms with E-state index < -0.39 is 12.1 Å². The lowest BCUT2D eigenvalue weighted by atomic mass is 10.1. The molecule has 0 aliphatic carbocycles. The zero-order valence-corrected chi connectivity index (χ0v) is 38.7. The van der Waals surface area contributed by atoms with Gasteiger partial charge in [-0.2, -0.15) is 0 Å². The Kier molecular flexibility index (Phi) is 46.2. The smallest absolute Gasteiger partial charge is 0.305 e. The zero-order valence-electron chi connectivity index (χ0n) is 38.7. The first-order valence-electron chi connectivity index (χ1n) is 25.1. The number of carbonyl (C=O) groups is 2. The van der Waals surface area contributed by atoms with Gasteiger partial charge in [-0.1, -0.05) is 190 Å². The molecule has 0 aromatic heterocycles. The molecule has 59 heavy (non-hydrogen) atoms. The van der Waals surface area contributed by atoms with Gasteiger partial charge in [0, 0.05) is 12.8 Å². The van der Waals surface area contributed by atoms with Crippen LogP contribution in [0.2, 0.25) is 0 Å². The number of amides is 1. The van der Waals surface area contributed by atoms with Crippen LogP contribution in [-0.2, 0) is 14.3 Å². The minimum atomic E-state index is -0.858. The van der Waals surface area contributed by atoms with Crippen LogP contribution in [0.15, 0.2) is 60.8 Å². The second-order valence-electron chi connectivity index (χ2n) is 16.8. The maximum atomic E-state index is 12.4. The van der Waals surface area contributed by atoms with Crippen LogP contribution in [0.3, 0.4) is 0 Å². The van der Waals surface area contributed by atoms with Gasteiger partial charge >= 0.3 is 5.97 Å². The predicted molar refractivity (Wildman–Crippen MR) is 255 cm³/mol. The maximum Gasteiger partial charge on any atom is 0.305 e. The third-order valence-corrected chi connectivity index (χ3v) is 11.0. The van der Waals surface area contributed by atoms with Crippen molar-refractivity contribution < 1.29 is 24.5 Å². The van der Waals surface area contributed by atoms with E-state index in [9.17, 15) is 19.8 Å². The first-order valence-corrected chi connectivity index (χ1v) is 25.1. The monoisotopic (exact) mass is 826 g/mol. The fraction of sp³-hybridized carbons (Fsp3) is 0.774. The molecule has 0 aromatic carbocycles. The van der Waals surface area contributed by atoms with Crippen molar-refractivity contribution in [2.45, 2.75) is 251 Å². The van der Waals surface area contributed by atoms with Crippen LogP contribution in [0.4, 0.5) is 0 Å². The Hall–Kier alpha value is -2.44. The van der Waals surface area contributed by atoms with Crippen molar-refractivity contribution in [2.24, 2.45) is 0 Å². The molecule has 0 saturated heterocycles. The summed E-state index contributed by atoms with van der Waals surface area (Å²) in [6.45, 7) is 4.78. The van der Waals surface area contributed by atoms with Crippen LogP contribution in [0.25, 0.3) is 0 Å². The van der Waals surface area contributed by atoms with Crippen molar-refractivity contribution in [1.29, 1.82) is 0 Å². The average Bonchev–Trinajstić information content (AvgIpc) is 3.24. The largest absolute Gasteiger partial charge is 0.466 e. The molecule has 3 N–H and O–H groups in total. The minimum absolute atomic E-state index is 0.0322. The first kappa shape index (κ1) is 56.6. The molecule has 6 nitrogen and oxygen atoms in total. The van der Waals surface area contributed by atoms with E-state index in [0.29, 0.717) is 19.4 Å². The SMILES string of the molecule is CCCCC/C=C\C/C=C\CCCCCCCCCC(=O)OCCCCC/C=C\C=C/CCCCCCCCC(=O)NC(CO)C(O)/C=C/CCCCCCCCCC. The summed E-state index contributed by atoms with van der Waals surface area (Å²) in [5, 5.41) is 22.9.